The number of likely N-dealkylation sites (N-methyl/N-ethyl adjacent to an activating group) is 1. The number of urea groups is 1. The van der Waals surface area contributed by atoms with Crippen molar-refractivity contribution in [3.63, 3.8) is 0 Å². The second kappa shape index (κ2) is 6.36. The molecule has 2 N–H and O–H groups in total. The number of carbonyl (C=O) groups excluding carboxylic acids is 2. The normalized spacial score (nSPS) is 21.9. The molecular weight excluding hydrogens is 280 g/mol. The SMILES string of the molecule is CN[C@H]1CCCN(C(=O)c2ccc(N3CCNC3=O)cc2)C1. The lowest BCUT2D eigenvalue weighted by Gasteiger charge is -2.32. The molecule has 0 spiro atoms. The number of hydrogen-bond acceptors (Lipinski definition) is 3. The molecule has 6 nitrogen and oxygen atoms in total. The maximum Gasteiger partial charge on any atom is 0.321 e. The lowest BCUT2D eigenvalue weighted by molar-refractivity contribution is 0.0698. The van der Waals surface area contributed by atoms with Crippen molar-refractivity contribution >= 4 is 17.6 Å². The Labute approximate surface area is 130 Å². The number of nitrogens with one attached hydrogen (secondary N) is 2. The van der Waals surface area contributed by atoms with Gasteiger partial charge < -0.3 is 15.5 Å². The summed E-state index contributed by atoms with van der Waals surface area (Å²) in [4.78, 5) is 27.8. The molecule has 0 bridgehead atoms. The summed E-state index contributed by atoms with van der Waals surface area (Å²) in [6.45, 7) is 2.90. The van der Waals surface area contributed by atoms with Crippen LogP contribution in [0.5, 0.6) is 0 Å². The molecule has 0 unspecified atom stereocenters. The first-order chi connectivity index (χ1) is 10.7. The van der Waals surface area contributed by atoms with Gasteiger partial charge in [-0.25, -0.2) is 4.79 Å². The first-order valence-electron chi connectivity index (χ1n) is 7.81. The zero-order valence-corrected chi connectivity index (χ0v) is 12.8. The van der Waals surface area contributed by atoms with Gasteiger partial charge in [-0.2, -0.15) is 0 Å². The van der Waals surface area contributed by atoms with Gasteiger partial charge in [0, 0.05) is 43.5 Å². The summed E-state index contributed by atoms with van der Waals surface area (Å²) in [5, 5.41) is 6.02. The van der Waals surface area contributed by atoms with Crippen LogP contribution in [0.1, 0.15) is 23.2 Å². The fourth-order valence-corrected chi connectivity index (χ4v) is 3.08. The van der Waals surface area contributed by atoms with Gasteiger partial charge in [-0.05, 0) is 44.2 Å². The molecule has 0 radical (unpaired) electrons. The fraction of sp³-hybridized carbons (Fsp3) is 0.500. The number of hydrogen-bond donors (Lipinski definition) is 2. The van der Waals surface area contributed by atoms with E-state index in [-0.39, 0.29) is 11.9 Å². The summed E-state index contributed by atoms with van der Waals surface area (Å²) in [5.41, 5.74) is 1.51. The lowest BCUT2D eigenvalue weighted by Crippen LogP contribution is -2.46. The highest BCUT2D eigenvalue weighted by Crippen LogP contribution is 2.19. The molecule has 2 aliphatic rings. The van der Waals surface area contributed by atoms with Crippen LogP contribution in [0.3, 0.4) is 0 Å². The molecule has 2 aliphatic heterocycles. The molecule has 1 aromatic rings. The van der Waals surface area contributed by atoms with Crippen molar-refractivity contribution in [2.24, 2.45) is 0 Å². The molecule has 0 aliphatic carbocycles. The van der Waals surface area contributed by atoms with Crippen LogP contribution in [0.4, 0.5) is 10.5 Å². The van der Waals surface area contributed by atoms with E-state index < -0.39 is 0 Å². The van der Waals surface area contributed by atoms with E-state index in [9.17, 15) is 9.59 Å². The molecule has 0 aromatic heterocycles. The third-order valence-electron chi connectivity index (χ3n) is 4.40. The number of rotatable bonds is 3. The van der Waals surface area contributed by atoms with E-state index in [0.717, 1.165) is 31.6 Å². The van der Waals surface area contributed by atoms with Crippen LogP contribution in [0.15, 0.2) is 24.3 Å². The summed E-state index contributed by atoms with van der Waals surface area (Å²) in [7, 11) is 1.94. The Morgan fingerprint density at radius 3 is 2.68 bits per heavy atom. The highest BCUT2D eigenvalue weighted by Gasteiger charge is 2.24. The molecule has 22 heavy (non-hydrogen) atoms. The molecule has 6 heteroatoms. The van der Waals surface area contributed by atoms with E-state index in [1.54, 1.807) is 4.90 Å². The van der Waals surface area contributed by atoms with E-state index in [1.807, 2.05) is 36.2 Å². The molecule has 118 valence electrons. The highest BCUT2D eigenvalue weighted by atomic mass is 16.2. The molecule has 2 saturated heterocycles. The first-order valence-corrected chi connectivity index (χ1v) is 7.81. The summed E-state index contributed by atoms with van der Waals surface area (Å²) in [5.74, 6) is 0.0670. The number of piperidine rings is 1. The van der Waals surface area contributed by atoms with E-state index in [1.165, 1.54) is 0 Å². The number of nitrogens with zero attached hydrogens (tertiary/aromatic N) is 2. The Morgan fingerprint density at radius 2 is 2.05 bits per heavy atom. The second-order valence-corrected chi connectivity index (χ2v) is 5.81. The van der Waals surface area contributed by atoms with Crippen LogP contribution >= 0.6 is 0 Å². The minimum atomic E-state index is -0.0769. The van der Waals surface area contributed by atoms with Crippen molar-refractivity contribution in [3.8, 4) is 0 Å². The third kappa shape index (κ3) is 2.92. The Balaban J connectivity index is 1.69. The number of likely N-dealkylation sites (tertiary alicyclic amines) is 1. The van der Waals surface area contributed by atoms with Crippen molar-refractivity contribution < 1.29 is 9.59 Å². The van der Waals surface area contributed by atoms with Crippen molar-refractivity contribution in [3.05, 3.63) is 29.8 Å². The first kappa shape index (κ1) is 14.8. The summed E-state index contributed by atoms with van der Waals surface area (Å²) < 4.78 is 0. The van der Waals surface area contributed by atoms with Gasteiger partial charge in [0.15, 0.2) is 0 Å². The van der Waals surface area contributed by atoms with Crippen LogP contribution in [-0.2, 0) is 0 Å². The predicted octanol–water partition coefficient (Wildman–Crippen LogP) is 1.04. The minimum absolute atomic E-state index is 0.0670. The van der Waals surface area contributed by atoms with Crippen LogP contribution in [0.25, 0.3) is 0 Å². The van der Waals surface area contributed by atoms with Crippen LogP contribution in [-0.4, -0.2) is 56.1 Å². The zero-order chi connectivity index (χ0) is 15.5. The Morgan fingerprint density at radius 1 is 1.27 bits per heavy atom. The van der Waals surface area contributed by atoms with Gasteiger partial charge in [0.25, 0.3) is 5.91 Å². The molecular formula is C16H22N4O2. The molecule has 2 fully saturated rings. The van der Waals surface area contributed by atoms with E-state index >= 15 is 0 Å². The van der Waals surface area contributed by atoms with Gasteiger partial charge in [-0.1, -0.05) is 0 Å². The predicted molar refractivity (Wildman–Crippen MR) is 85.2 cm³/mol. The van der Waals surface area contributed by atoms with Crippen molar-refractivity contribution in [2.45, 2.75) is 18.9 Å². The monoisotopic (exact) mass is 302 g/mol. The third-order valence-corrected chi connectivity index (χ3v) is 4.40. The van der Waals surface area contributed by atoms with Gasteiger partial charge in [-0.3, -0.25) is 9.69 Å². The summed E-state index contributed by atoms with van der Waals surface area (Å²) in [6.07, 6.45) is 2.15. The number of carbonyl (C=O) groups is 2. The number of amides is 3. The maximum absolute atomic E-state index is 12.6. The fourth-order valence-electron chi connectivity index (χ4n) is 3.08. The Hall–Kier alpha value is -2.08. The quantitative estimate of drug-likeness (QED) is 0.877. The molecule has 1 atom stereocenters. The maximum atomic E-state index is 12.6. The van der Waals surface area contributed by atoms with E-state index in [2.05, 4.69) is 10.6 Å². The largest absolute Gasteiger partial charge is 0.337 e. The van der Waals surface area contributed by atoms with Gasteiger partial charge in [0.1, 0.15) is 0 Å². The summed E-state index contributed by atoms with van der Waals surface area (Å²) in [6, 6.07) is 7.62. The minimum Gasteiger partial charge on any atom is -0.337 e. The van der Waals surface area contributed by atoms with E-state index in [4.69, 9.17) is 0 Å². The topological polar surface area (TPSA) is 64.7 Å². The van der Waals surface area contributed by atoms with Crippen molar-refractivity contribution in [1.29, 1.82) is 0 Å². The van der Waals surface area contributed by atoms with Gasteiger partial charge in [-0.15, -0.1) is 0 Å². The number of benzene rings is 1. The standard InChI is InChI=1S/C16H22N4O2/c1-17-13-3-2-9-19(11-13)15(21)12-4-6-14(7-5-12)20-10-8-18-16(20)22/h4-7,13,17H,2-3,8-11H2,1H3,(H,18,22)/t13-/m0/s1. The molecule has 2 heterocycles. The summed E-state index contributed by atoms with van der Waals surface area (Å²) >= 11 is 0. The highest BCUT2D eigenvalue weighted by molar-refractivity contribution is 5.97. The van der Waals surface area contributed by atoms with Gasteiger partial charge in [0.2, 0.25) is 0 Å². The van der Waals surface area contributed by atoms with Crippen LogP contribution in [0.2, 0.25) is 0 Å². The average molecular weight is 302 g/mol. The van der Waals surface area contributed by atoms with E-state index in [0.29, 0.717) is 24.7 Å². The second-order valence-electron chi connectivity index (χ2n) is 5.81. The van der Waals surface area contributed by atoms with Crippen molar-refractivity contribution in [2.75, 3.05) is 38.1 Å². The molecule has 1 aromatic carbocycles. The average Bonchev–Trinajstić information content (AvgIpc) is 3.00. The zero-order valence-electron chi connectivity index (χ0n) is 12.8. The Kier molecular flexibility index (Phi) is 4.29. The molecule has 3 amide bonds. The van der Waals surface area contributed by atoms with Gasteiger partial charge >= 0.3 is 6.03 Å². The molecule has 0 saturated carbocycles. The Bertz CT molecular complexity index is 558. The van der Waals surface area contributed by atoms with Crippen molar-refractivity contribution in [1.82, 2.24) is 15.5 Å². The number of anilines is 1. The van der Waals surface area contributed by atoms with Crippen LogP contribution < -0.4 is 15.5 Å². The lowest BCUT2D eigenvalue weighted by atomic mass is 10.0. The smallest absolute Gasteiger partial charge is 0.321 e. The van der Waals surface area contributed by atoms with Gasteiger partial charge in [0.05, 0.1) is 0 Å². The van der Waals surface area contributed by atoms with Crippen LogP contribution in [0, 0.1) is 0 Å². The molecule has 3 rings (SSSR count).